The quantitative estimate of drug-likeness (QED) is 0.559. The van der Waals surface area contributed by atoms with E-state index in [2.05, 4.69) is 5.32 Å². The highest BCUT2D eigenvalue weighted by Gasteiger charge is 2.00. The second-order valence-electron chi connectivity index (χ2n) is 2.02. The van der Waals surface area contributed by atoms with Crippen LogP contribution in [0.5, 0.6) is 0 Å². The Hall–Kier alpha value is -0.530. The van der Waals surface area contributed by atoms with Crippen LogP contribution in [0.2, 0.25) is 0 Å². The third-order valence-corrected chi connectivity index (χ3v) is 0.731. The van der Waals surface area contributed by atoms with Gasteiger partial charge in [0.1, 0.15) is 0 Å². The number of nitrogens with one attached hydrogen (secondary N) is 1. The Kier molecular flexibility index (Phi) is 3.24. The van der Waals surface area contributed by atoms with Crippen molar-refractivity contribution in [3.63, 3.8) is 0 Å². The Labute approximate surface area is 50.3 Å². The zero-order chi connectivity index (χ0) is 6.57. The minimum Gasteiger partial charge on any atom is -0.359 e. The zero-order valence-electron chi connectivity index (χ0n) is 5.56. The summed E-state index contributed by atoms with van der Waals surface area (Å²) in [6.07, 6.45) is 1.64. The molecule has 0 aliphatic carbocycles. The van der Waals surface area contributed by atoms with Gasteiger partial charge >= 0.3 is 0 Å². The summed E-state index contributed by atoms with van der Waals surface area (Å²) < 4.78 is 0. The van der Waals surface area contributed by atoms with E-state index in [0.717, 1.165) is 0 Å². The monoisotopic (exact) mass is 114 g/mol. The van der Waals surface area contributed by atoms with Crippen molar-refractivity contribution in [3.8, 4) is 0 Å². The summed E-state index contributed by atoms with van der Waals surface area (Å²) >= 11 is 0. The second kappa shape index (κ2) is 3.47. The molecule has 1 amide bonds. The summed E-state index contributed by atoms with van der Waals surface area (Å²) in [5.74, 6) is 0.343. The molecule has 0 aromatic carbocycles. The van der Waals surface area contributed by atoms with Crippen LogP contribution in [0.3, 0.4) is 0 Å². The van der Waals surface area contributed by atoms with Gasteiger partial charge in [0, 0.05) is 7.05 Å². The SMILES string of the molecule is CNC(=O)[CH]C(C)C. The molecule has 1 radical (unpaired) electrons. The highest BCUT2D eigenvalue weighted by molar-refractivity contribution is 5.84. The molecule has 0 fully saturated rings. The summed E-state index contributed by atoms with van der Waals surface area (Å²) in [6.45, 7) is 3.94. The fraction of sp³-hybridized carbons (Fsp3) is 0.667. The molecular formula is C6H12NO. The highest BCUT2D eigenvalue weighted by atomic mass is 16.1. The smallest absolute Gasteiger partial charge is 0.223 e. The van der Waals surface area contributed by atoms with Crippen molar-refractivity contribution in [2.75, 3.05) is 7.05 Å². The van der Waals surface area contributed by atoms with Gasteiger partial charge in [-0.3, -0.25) is 4.79 Å². The molecule has 47 valence electrons. The summed E-state index contributed by atoms with van der Waals surface area (Å²) in [5, 5.41) is 2.50. The van der Waals surface area contributed by atoms with Gasteiger partial charge in [-0.25, -0.2) is 0 Å². The van der Waals surface area contributed by atoms with E-state index in [1.807, 2.05) is 13.8 Å². The van der Waals surface area contributed by atoms with Gasteiger partial charge in [-0.15, -0.1) is 0 Å². The number of rotatable bonds is 2. The maximum absolute atomic E-state index is 10.5. The first-order valence-electron chi connectivity index (χ1n) is 2.73. The standard InChI is InChI=1S/C6H12NO/c1-5(2)4-6(8)7-3/h4-5H,1-3H3,(H,7,8). The molecule has 0 rings (SSSR count). The first kappa shape index (κ1) is 7.47. The van der Waals surface area contributed by atoms with E-state index >= 15 is 0 Å². The Balaban J connectivity index is 3.25. The first-order valence-corrected chi connectivity index (χ1v) is 2.73. The number of hydrogen-bond acceptors (Lipinski definition) is 1. The maximum Gasteiger partial charge on any atom is 0.223 e. The largest absolute Gasteiger partial charge is 0.359 e. The number of amides is 1. The molecule has 0 aliphatic rings. The molecule has 2 nitrogen and oxygen atoms in total. The van der Waals surface area contributed by atoms with Crippen molar-refractivity contribution in [1.82, 2.24) is 5.32 Å². The summed E-state index contributed by atoms with van der Waals surface area (Å²) in [4.78, 5) is 10.5. The van der Waals surface area contributed by atoms with Crippen LogP contribution in [0.25, 0.3) is 0 Å². The molecule has 0 spiro atoms. The van der Waals surface area contributed by atoms with Crippen molar-refractivity contribution in [1.29, 1.82) is 0 Å². The van der Waals surface area contributed by atoms with Crippen LogP contribution in [0, 0.1) is 12.3 Å². The summed E-state index contributed by atoms with van der Waals surface area (Å²) in [7, 11) is 1.63. The predicted octanol–water partition coefficient (Wildman–Crippen LogP) is 0.593. The van der Waals surface area contributed by atoms with Gasteiger partial charge in [-0.2, -0.15) is 0 Å². The third-order valence-electron chi connectivity index (χ3n) is 0.731. The van der Waals surface area contributed by atoms with E-state index in [4.69, 9.17) is 0 Å². The Morgan fingerprint density at radius 2 is 2.12 bits per heavy atom. The minimum absolute atomic E-state index is 0.000000000000000222. The topological polar surface area (TPSA) is 29.1 Å². The van der Waals surface area contributed by atoms with Gasteiger partial charge in [0.25, 0.3) is 0 Å². The summed E-state index contributed by atoms with van der Waals surface area (Å²) in [5.41, 5.74) is 0. The van der Waals surface area contributed by atoms with Crippen LogP contribution in [0.15, 0.2) is 0 Å². The Morgan fingerprint density at radius 3 is 2.25 bits per heavy atom. The lowest BCUT2D eigenvalue weighted by Crippen LogP contribution is -2.19. The lowest BCUT2D eigenvalue weighted by Gasteiger charge is -1.99. The molecule has 0 heterocycles. The predicted molar refractivity (Wildman–Crippen MR) is 33.2 cm³/mol. The number of hydrogen-bond donors (Lipinski definition) is 1. The molecule has 0 aliphatic heterocycles. The van der Waals surface area contributed by atoms with Crippen LogP contribution >= 0.6 is 0 Å². The van der Waals surface area contributed by atoms with E-state index in [-0.39, 0.29) is 5.91 Å². The van der Waals surface area contributed by atoms with Crippen LogP contribution in [0.4, 0.5) is 0 Å². The van der Waals surface area contributed by atoms with Gasteiger partial charge in [0.15, 0.2) is 0 Å². The van der Waals surface area contributed by atoms with E-state index in [0.29, 0.717) is 5.92 Å². The average molecular weight is 114 g/mol. The maximum atomic E-state index is 10.5. The molecule has 0 aromatic heterocycles. The van der Waals surface area contributed by atoms with Crippen molar-refractivity contribution in [2.24, 2.45) is 5.92 Å². The highest BCUT2D eigenvalue weighted by Crippen LogP contribution is 1.95. The number of carbonyl (C=O) groups excluding carboxylic acids is 1. The fourth-order valence-electron chi connectivity index (χ4n) is 0.386. The molecule has 0 atom stereocenters. The van der Waals surface area contributed by atoms with Gasteiger partial charge in [-0.1, -0.05) is 13.8 Å². The lowest BCUT2D eigenvalue weighted by molar-refractivity contribution is -0.117. The summed E-state index contributed by atoms with van der Waals surface area (Å²) in [6, 6.07) is 0. The van der Waals surface area contributed by atoms with Gasteiger partial charge in [0.05, 0.1) is 6.42 Å². The Bertz CT molecular complexity index is 78.6. The molecular weight excluding hydrogens is 102 g/mol. The van der Waals surface area contributed by atoms with Crippen LogP contribution < -0.4 is 5.32 Å². The molecule has 0 saturated carbocycles. The average Bonchev–Trinajstić information content (AvgIpc) is 1.65. The second-order valence-corrected chi connectivity index (χ2v) is 2.02. The third kappa shape index (κ3) is 3.65. The van der Waals surface area contributed by atoms with Crippen molar-refractivity contribution in [2.45, 2.75) is 13.8 Å². The molecule has 0 aromatic rings. The molecule has 0 saturated heterocycles. The minimum atomic E-state index is 0.000000000000000222. The molecule has 1 N–H and O–H groups in total. The normalized spacial score (nSPS) is 9.50. The molecule has 0 unspecified atom stereocenters. The van der Waals surface area contributed by atoms with Gasteiger partial charge in [0.2, 0.25) is 5.91 Å². The Morgan fingerprint density at radius 1 is 1.62 bits per heavy atom. The van der Waals surface area contributed by atoms with Crippen molar-refractivity contribution >= 4 is 5.91 Å². The van der Waals surface area contributed by atoms with Crippen LogP contribution in [0.1, 0.15) is 13.8 Å². The van der Waals surface area contributed by atoms with Crippen molar-refractivity contribution < 1.29 is 4.79 Å². The van der Waals surface area contributed by atoms with Crippen LogP contribution in [-0.2, 0) is 4.79 Å². The van der Waals surface area contributed by atoms with Gasteiger partial charge < -0.3 is 5.32 Å². The zero-order valence-corrected chi connectivity index (χ0v) is 5.56. The van der Waals surface area contributed by atoms with E-state index in [1.165, 1.54) is 0 Å². The molecule has 0 bridgehead atoms. The number of carbonyl (C=O) groups is 1. The van der Waals surface area contributed by atoms with Gasteiger partial charge in [-0.05, 0) is 5.92 Å². The lowest BCUT2D eigenvalue weighted by atomic mass is 10.1. The molecule has 2 heteroatoms. The molecule has 8 heavy (non-hydrogen) atoms. The van der Waals surface area contributed by atoms with E-state index in [9.17, 15) is 4.79 Å². The van der Waals surface area contributed by atoms with Crippen LogP contribution in [-0.4, -0.2) is 13.0 Å². The van der Waals surface area contributed by atoms with E-state index in [1.54, 1.807) is 13.5 Å². The first-order chi connectivity index (χ1) is 3.66. The fourth-order valence-corrected chi connectivity index (χ4v) is 0.386. The van der Waals surface area contributed by atoms with Crippen molar-refractivity contribution in [3.05, 3.63) is 6.42 Å². The van der Waals surface area contributed by atoms with E-state index < -0.39 is 0 Å².